The average Bonchev–Trinajstić information content (AvgIpc) is 2.98. The van der Waals surface area contributed by atoms with Gasteiger partial charge in [-0.2, -0.15) is 13.2 Å². The summed E-state index contributed by atoms with van der Waals surface area (Å²) in [6, 6.07) is 6.03. The van der Waals surface area contributed by atoms with E-state index in [0.717, 1.165) is 12.1 Å². The van der Waals surface area contributed by atoms with E-state index in [4.69, 9.17) is 33.0 Å². The van der Waals surface area contributed by atoms with Gasteiger partial charge in [0.1, 0.15) is 10.8 Å². The summed E-state index contributed by atoms with van der Waals surface area (Å²) in [4.78, 5) is 23.4. The van der Waals surface area contributed by atoms with Crippen LogP contribution in [0.5, 0.6) is 5.75 Å². The van der Waals surface area contributed by atoms with Crippen LogP contribution in [0.3, 0.4) is 0 Å². The maximum absolute atomic E-state index is 12.8. The summed E-state index contributed by atoms with van der Waals surface area (Å²) in [7, 11) is 0. The van der Waals surface area contributed by atoms with E-state index >= 15 is 0 Å². The predicted octanol–water partition coefficient (Wildman–Crippen LogP) is 5.78. The number of hydrogen-bond donors (Lipinski definition) is 1. The second kappa shape index (κ2) is 8.24. The first-order valence-electron chi connectivity index (χ1n) is 8.66. The Morgan fingerprint density at radius 3 is 2.41 bits per heavy atom. The summed E-state index contributed by atoms with van der Waals surface area (Å²) in [5.41, 5.74) is 0.486. The summed E-state index contributed by atoms with van der Waals surface area (Å²) in [6.07, 6.45) is -3.99. The number of aliphatic carboxylic acids is 1. The number of carbonyl (C=O) groups excluding carboxylic acids is 1. The summed E-state index contributed by atoms with van der Waals surface area (Å²) < 4.78 is 43.8. The lowest BCUT2D eigenvalue weighted by atomic mass is 9.94. The molecule has 0 saturated heterocycles. The van der Waals surface area contributed by atoms with Crippen LogP contribution >= 0.6 is 23.2 Å². The zero-order valence-corrected chi connectivity index (χ0v) is 16.4. The third kappa shape index (κ3) is 4.51. The molecule has 0 saturated carbocycles. The van der Waals surface area contributed by atoms with Crippen LogP contribution in [0.25, 0.3) is 0 Å². The second-order valence-electron chi connectivity index (χ2n) is 6.62. The number of halogens is 5. The van der Waals surface area contributed by atoms with Crippen LogP contribution in [0, 0.1) is 0 Å². The molecule has 1 aliphatic carbocycles. The first-order valence-corrected chi connectivity index (χ1v) is 9.42. The van der Waals surface area contributed by atoms with E-state index < -0.39 is 23.6 Å². The van der Waals surface area contributed by atoms with Crippen LogP contribution in [0.2, 0.25) is 10.0 Å². The van der Waals surface area contributed by atoms with Gasteiger partial charge in [0, 0.05) is 12.0 Å². The Bertz CT molecular complexity index is 956. The van der Waals surface area contributed by atoms with E-state index in [2.05, 4.69) is 0 Å². The Morgan fingerprint density at radius 1 is 1.17 bits per heavy atom. The summed E-state index contributed by atoms with van der Waals surface area (Å²) in [6.45, 7) is 0.109. The molecule has 154 valence electrons. The largest absolute Gasteiger partial charge is 0.492 e. The molecule has 1 N–H and O–H groups in total. The van der Waals surface area contributed by atoms with Gasteiger partial charge in [0.2, 0.25) is 0 Å². The Balaban J connectivity index is 1.82. The number of ketones is 1. The number of carbonyl (C=O) groups is 2. The van der Waals surface area contributed by atoms with Crippen molar-refractivity contribution in [1.82, 2.24) is 0 Å². The van der Waals surface area contributed by atoms with Crippen LogP contribution in [-0.2, 0) is 17.4 Å². The minimum absolute atomic E-state index is 0.0248. The van der Waals surface area contributed by atoms with Crippen molar-refractivity contribution in [2.45, 2.75) is 31.4 Å². The van der Waals surface area contributed by atoms with Crippen molar-refractivity contribution in [2.24, 2.45) is 0 Å². The first-order chi connectivity index (χ1) is 13.6. The van der Waals surface area contributed by atoms with Crippen molar-refractivity contribution in [3.63, 3.8) is 0 Å². The number of carboxylic acids is 1. The number of carboxylic acid groups (broad SMARTS) is 1. The van der Waals surface area contributed by atoms with E-state index in [9.17, 15) is 22.8 Å². The molecule has 0 bridgehead atoms. The highest BCUT2D eigenvalue weighted by atomic mass is 35.5. The molecule has 1 aliphatic rings. The van der Waals surface area contributed by atoms with Crippen molar-refractivity contribution >= 4 is 35.0 Å². The van der Waals surface area contributed by atoms with E-state index in [1.165, 1.54) is 12.1 Å². The quantitative estimate of drug-likeness (QED) is 0.571. The fourth-order valence-corrected chi connectivity index (χ4v) is 3.76. The van der Waals surface area contributed by atoms with E-state index in [0.29, 0.717) is 11.1 Å². The third-order valence-corrected chi connectivity index (χ3v) is 5.52. The molecule has 0 fully saturated rings. The normalized spacial score (nSPS) is 16.0. The Labute approximate surface area is 174 Å². The van der Waals surface area contributed by atoms with Crippen LogP contribution in [0.15, 0.2) is 30.3 Å². The van der Waals surface area contributed by atoms with Gasteiger partial charge >= 0.3 is 12.1 Å². The number of ether oxygens (including phenoxy) is 1. The maximum Gasteiger partial charge on any atom is 0.416 e. The number of fused-ring (bicyclic) bond motifs is 1. The zero-order chi connectivity index (χ0) is 21.3. The highest BCUT2D eigenvalue weighted by Crippen LogP contribution is 2.45. The summed E-state index contributed by atoms with van der Waals surface area (Å²) >= 11 is 12.5. The van der Waals surface area contributed by atoms with Gasteiger partial charge < -0.3 is 9.84 Å². The van der Waals surface area contributed by atoms with Gasteiger partial charge in [0.25, 0.3) is 0 Å². The molecule has 0 aliphatic heterocycles. The average molecular weight is 447 g/mol. The lowest BCUT2D eigenvalue weighted by Gasteiger charge is -2.11. The summed E-state index contributed by atoms with van der Waals surface area (Å²) in [5, 5.41) is 8.73. The van der Waals surface area contributed by atoms with Gasteiger partial charge in [-0.3, -0.25) is 9.59 Å². The molecule has 0 aromatic heterocycles. The maximum atomic E-state index is 12.8. The number of alkyl halides is 3. The number of hydrogen-bond acceptors (Lipinski definition) is 3. The third-order valence-electron chi connectivity index (χ3n) is 4.67. The fourth-order valence-electron chi connectivity index (χ4n) is 3.25. The lowest BCUT2D eigenvalue weighted by molar-refractivity contribution is -0.138. The van der Waals surface area contributed by atoms with Gasteiger partial charge in [-0.15, -0.1) is 0 Å². The van der Waals surface area contributed by atoms with Crippen LogP contribution in [0.4, 0.5) is 13.2 Å². The molecule has 4 nitrogen and oxygen atoms in total. The minimum atomic E-state index is -4.45. The molecule has 2 aromatic carbocycles. The topological polar surface area (TPSA) is 63.6 Å². The minimum Gasteiger partial charge on any atom is -0.492 e. The van der Waals surface area contributed by atoms with E-state index in [-0.39, 0.29) is 53.0 Å². The SMILES string of the molecule is O=C(O)CCCOc1cc2c(c(Cl)c1Cl)C(=O)C(c1ccc(C(F)(F)F)cc1)C2. The van der Waals surface area contributed by atoms with Crippen molar-refractivity contribution < 1.29 is 32.6 Å². The predicted molar refractivity (Wildman–Crippen MR) is 101 cm³/mol. The molecule has 0 spiro atoms. The molecule has 29 heavy (non-hydrogen) atoms. The molecule has 9 heteroatoms. The number of benzene rings is 2. The Hall–Kier alpha value is -2.25. The molecule has 1 atom stereocenters. The van der Waals surface area contributed by atoms with Crippen molar-refractivity contribution in [2.75, 3.05) is 6.61 Å². The van der Waals surface area contributed by atoms with E-state index in [1.54, 1.807) is 6.07 Å². The van der Waals surface area contributed by atoms with Crippen molar-refractivity contribution in [3.8, 4) is 5.75 Å². The monoisotopic (exact) mass is 446 g/mol. The van der Waals surface area contributed by atoms with Crippen LogP contribution in [0.1, 0.15) is 45.8 Å². The number of rotatable bonds is 6. The van der Waals surface area contributed by atoms with Crippen LogP contribution in [-0.4, -0.2) is 23.5 Å². The highest BCUT2D eigenvalue weighted by molar-refractivity contribution is 6.45. The second-order valence-corrected chi connectivity index (χ2v) is 7.38. The highest BCUT2D eigenvalue weighted by Gasteiger charge is 2.36. The molecule has 2 aromatic rings. The van der Waals surface area contributed by atoms with Gasteiger partial charge in [-0.1, -0.05) is 35.3 Å². The van der Waals surface area contributed by atoms with Gasteiger partial charge in [0.05, 0.1) is 23.1 Å². The Morgan fingerprint density at radius 2 is 1.83 bits per heavy atom. The molecule has 0 heterocycles. The Kier molecular flexibility index (Phi) is 6.10. The summed E-state index contributed by atoms with van der Waals surface area (Å²) in [5.74, 6) is -1.69. The van der Waals surface area contributed by atoms with Gasteiger partial charge in [-0.05, 0) is 42.2 Å². The zero-order valence-electron chi connectivity index (χ0n) is 14.9. The van der Waals surface area contributed by atoms with Crippen molar-refractivity contribution in [3.05, 3.63) is 62.6 Å². The molecular weight excluding hydrogens is 432 g/mol. The van der Waals surface area contributed by atoms with E-state index in [1.807, 2.05) is 0 Å². The molecular formula is C20H15Cl2F3O4. The molecule has 1 unspecified atom stereocenters. The molecule has 0 radical (unpaired) electrons. The smallest absolute Gasteiger partial charge is 0.416 e. The lowest BCUT2D eigenvalue weighted by Crippen LogP contribution is -2.09. The molecule has 0 amide bonds. The van der Waals surface area contributed by atoms with Crippen LogP contribution < -0.4 is 4.74 Å². The van der Waals surface area contributed by atoms with Gasteiger partial charge in [-0.25, -0.2) is 0 Å². The number of Topliss-reactive ketones (excluding diaryl/α,β-unsaturated/α-hetero) is 1. The standard InChI is InChI=1S/C20H15Cl2F3O4/c21-17-14(29-7-1-2-15(26)27)9-11-8-13(19(28)16(11)18(17)22)10-3-5-12(6-4-10)20(23,24)25/h3-6,9,13H,1-2,7-8H2,(H,26,27). The molecule has 3 rings (SSSR count). The van der Waals surface area contributed by atoms with Gasteiger partial charge in [0.15, 0.2) is 5.78 Å². The van der Waals surface area contributed by atoms with Crippen molar-refractivity contribution in [1.29, 1.82) is 0 Å². The first kappa shape index (κ1) is 21.5. The fraction of sp³-hybridized carbons (Fsp3) is 0.300.